The van der Waals surface area contributed by atoms with Crippen LogP contribution in [0.2, 0.25) is 0 Å². The van der Waals surface area contributed by atoms with Crippen molar-refractivity contribution in [1.82, 2.24) is 10.6 Å². The van der Waals surface area contributed by atoms with Crippen molar-refractivity contribution in [3.05, 3.63) is 106 Å². The Bertz CT molecular complexity index is 2520. The van der Waals surface area contributed by atoms with Gasteiger partial charge in [-0.3, -0.25) is 0 Å². The molecule has 4 aliphatic heterocycles. The van der Waals surface area contributed by atoms with Gasteiger partial charge in [0, 0.05) is 85.1 Å². The summed E-state index contributed by atoms with van der Waals surface area (Å²) in [5.74, 6) is 2.68. The molecular weight excluding hydrogens is 700 g/mol. The van der Waals surface area contributed by atoms with E-state index in [-0.39, 0.29) is 24.8 Å². The van der Waals surface area contributed by atoms with E-state index in [2.05, 4.69) is 53.3 Å². The average molecular weight is 743 g/mol. The maximum Gasteiger partial charge on any atom is 0.344 e. The molecule has 6 aromatic rings. The molecule has 2 fully saturated rings. The van der Waals surface area contributed by atoms with E-state index >= 15 is 0 Å². The van der Waals surface area contributed by atoms with Crippen LogP contribution in [0.5, 0.6) is 23.0 Å². The number of rotatable bonds is 4. The SMILES string of the molecule is C[C@@H]1CN(c2ccc3cc(-c4ccc5c(c4)OCO5)c(=O)oc3c2)CCN1.C[C@@H]1CN(c2ccc3cc(-c4ccc5c(c4)OCO5)c(=O)oc3c2)C[C@H](C)N1. The van der Waals surface area contributed by atoms with Crippen molar-refractivity contribution in [1.29, 1.82) is 0 Å². The molecule has 12 nitrogen and oxygen atoms in total. The zero-order chi connectivity index (χ0) is 37.6. The molecule has 0 saturated carbocycles. The van der Waals surface area contributed by atoms with Crippen molar-refractivity contribution in [3.8, 4) is 45.3 Å². The second-order valence-corrected chi connectivity index (χ2v) is 14.7. The first-order valence-electron chi connectivity index (χ1n) is 18.7. The zero-order valence-corrected chi connectivity index (χ0v) is 30.9. The zero-order valence-electron chi connectivity index (χ0n) is 30.9. The van der Waals surface area contributed by atoms with E-state index in [1.165, 1.54) is 0 Å². The number of ether oxygens (including phenoxy) is 4. The highest BCUT2D eigenvalue weighted by Crippen LogP contribution is 2.37. The molecule has 3 atom stereocenters. The predicted molar refractivity (Wildman–Crippen MR) is 212 cm³/mol. The van der Waals surface area contributed by atoms with Crippen LogP contribution in [0.4, 0.5) is 11.4 Å². The van der Waals surface area contributed by atoms with Gasteiger partial charge in [0.25, 0.3) is 0 Å². The van der Waals surface area contributed by atoms with Crippen molar-refractivity contribution in [2.24, 2.45) is 0 Å². The maximum absolute atomic E-state index is 12.7. The Kier molecular flexibility index (Phi) is 9.07. The average Bonchev–Trinajstić information content (AvgIpc) is 3.86. The number of nitrogens with zero attached hydrogens (tertiary/aromatic N) is 2. The number of benzene rings is 4. The molecule has 0 radical (unpaired) electrons. The van der Waals surface area contributed by atoms with Gasteiger partial charge in [0.1, 0.15) is 11.2 Å². The van der Waals surface area contributed by atoms with Crippen LogP contribution in [0.15, 0.2) is 103 Å². The fourth-order valence-electron chi connectivity index (χ4n) is 7.83. The molecule has 2 N–H and O–H groups in total. The van der Waals surface area contributed by atoms with E-state index in [1.807, 2.05) is 72.8 Å². The van der Waals surface area contributed by atoms with Crippen molar-refractivity contribution in [2.45, 2.75) is 38.9 Å². The van der Waals surface area contributed by atoms with E-state index in [4.69, 9.17) is 27.8 Å². The molecule has 4 aliphatic rings. The molecule has 0 bridgehead atoms. The number of nitrogens with one attached hydrogen (secondary N) is 2. The van der Waals surface area contributed by atoms with Crippen molar-refractivity contribution in [3.63, 3.8) is 0 Å². The summed E-state index contributed by atoms with van der Waals surface area (Å²) >= 11 is 0. The standard InChI is InChI=1S/C22H22N2O4.C21H20N2O4/c1-13-10-24(11-14(2)23-13)17-5-3-16-7-18(22(25)28-20(16)9-17)15-4-6-19-21(8-15)27-12-26-19;1-13-11-23(7-6-22-13)16-4-2-15-8-17(21(24)27-19(15)10-16)14-3-5-18-20(9-14)26-12-25-18/h3-9,13-14,23H,10-12H2,1-2H3;2-5,8-10,13,22H,6-7,11-12H2,1H3/t13-,14+;13-/m.1/s1. The number of hydrogen-bond acceptors (Lipinski definition) is 12. The Labute approximate surface area is 317 Å². The molecule has 2 saturated heterocycles. The highest BCUT2D eigenvalue weighted by atomic mass is 16.7. The van der Waals surface area contributed by atoms with Gasteiger partial charge in [0.05, 0.1) is 11.1 Å². The minimum atomic E-state index is -0.356. The van der Waals surface area contributed by atoms with E-state index in [0.29, 0.717) is 63.4 Å². The monoisotopic (exact) mass is 742 g/mol. The van der Waals surface area contributed by atoms with Crippen molar-refractivity contribution < 1.29 is 27.8 Å². The topological polar surface area (TPSA) is 128 Å². The molecule has 0 aliphatic carbocycles. The van der Waals surface area contributed by atoms with Gasteiger partial charge in [-0.1, -0.05) is 12.1 Å². The summed E-state index contributed by atoms with van der Waals surface area (Å²) in [6, 6.07) is 28.1. The first-order chi connectivity index (χ1) is 26.7. The summed E-state index contributed by atoms with van der Waals surface area (Å²) in [5, 5.41) is 8.76. The van der Waals surface area contributed by atoms with Crippen LogP contribution >= 0.6 is 0 Å². The van der Waals surface area contributed by atoms with E-state index in [9.17, 15) is 9.59 Å². The Morgan fingerprint density at radius 1 is 0.545 bits per heavy atom. The largest absolute Gasteiger partial charge is 0.454 e. The Morgan fingerprint density at radius 2 is 1.04 bits per heavy atom. The quantitative estimate of drug-likeness (QED) is 0.195. The number of fused-ring (bicyclic) bond motifs is 4. The molecule has 0 spiro atoms. The van der Waals surface area contributed by atoms with Crippen LogP contribution in [0.25, 0.3) is 44.2 Å². The van der Waals surface area contributed by atoms with Crippen LogP contribution < -0.4 is 50.6 Å². The molecule has 282 valence electrons. The summed E-state index contributed by atoms with van der Waals surface area (Å²) < 4.78 is 32.9. The second-order valence-electron chi connectivity index (χ2n) is 14.7. The van der Waals surface area contributed by atoms with Gasteiger partial charge >= 0.3 is 11.3 Å². The highest BCUT2D eigenvalue weighted by molar-refractivity contribution is 5.86. The van der Waals surface area contributed by atoms with E-state index < -0.39 is 0 Å². The minimum Gasteiger partial charge on any atom is -0.454 e. The molecule has 10 rings (SSSR count). The highest BCUT2D eigenvalue weighted by Gasteiger charge is 2.23. The Balaban J connectivity index is 0.000000144. The smallest absolute Gasteiger partial charge is 0.344 e. The van der Waals surface area contributed by atoms with Gasteiger partial charge in [-0.2, -0.15) is 0 Å². The molecular formula is C43H42N4O8. The summed E-state index contributed by atoms with van der Waals surface area (Å²) in [4.78, 5) is 29.9. The van der Waals surface area contributed by atoms with Crippen LogP contribution in [-0.2, 0) is 0 Å². The van der Waals surface area contributed by atoms with Crippen molar-refractivity contribution >= 4 is 33.3 Å². The molecule has 0 amide bonds. The third-order valence-corrected chi connectivity index (χ3v) is 10.5. The third-order valence-electron chi connectivity index (χ3n) is 10.5. The Morgan fingerprint density at radius 3 is 1.56 bits per heavy atom. The number of piperazine rings is 2. The molecule has 55 heavy (non-hydrogen) atoms. The molecule has 0 unspecified atom stereocenters. The van der Waals surface area contributed by atoms with Gasteiger partial charge in [0.15, 0.2) is 23.0 Å². The van der Waals surface area contributed by atoms with Crippen LogP contribution in [0.3, 0.4) is 0 Å². The van der Waals surface area contributed by atoms with Crippen LogP contribution in [-0.4, -0.2) is 64.4 Å². The summed E-state index contributed by atoms with van der Waals surface area (Å²) in [6.07, 6.45) is 0. The van der Waals surface area contributed by atoms with Crippen molar-refractivity contribution in [2.75, 3.05) is 56.1 Å². The molecule has 12 heteroatoms. The van der Waals surface area contributed by atoms with E-state index in [0.717, 1.165) is 66.0 Å². The second kappa shape index (κ2) is 14.3. The lowest BCUT2D eigenvalue weighted by molar-refractivity contribution is 0.173. The first-order valence-corrected chi connectivity index (χ1v) is 18.7. The predicted octanol–water partition coefficient (Wildman–Crippen LogP) is 6.36. The van der Waals surface area contributed by atoms with E-state index in [1.54, 1.807) is 0 Å². The van der Waals surface area contributed by atoms with Gasteiger partial charge in [-0.05, 0) is 92.6 Å². The first kappa shape index (κ1) is 34.8. The minimum absolute atomic E-state index is 0.206. The van der Waals surface area contributed by atoms with Gasteiger partial charge in [-0.15, -0.1) is 0 Å². The lowest BCUT2D eigenvalue weighted by atomic mass is 10.0. The third kappa shape index (κ3) is 7.06. The van der Waals surface area contributed by atoms with Gasteiger partial charge in [0.2, 0.25) is 13.6 Å². The van der Waals surface area contributed by atoms with Crippen LogP contribution in [0, 0.1) is 0 Å². The number of hydrogen-bond donors (Lipinski definition) is 2. The molecule has 2 aromatic heterocycles. The fraction of sp³-hybridized carbons (Fsp3) is 0.302. The lowest BCUT2D eigenvalue weighted by Crippen LogP contribution is -2.54. The van der Waals surface area contributed by atoms with Gasteiger partial charge in [-0.25, -0.2) is 9.59 Å². The normalized spacial score (nSPS) is 20.1. The molecule has 4 aromatic carbocycles. The summed E-state index contributed by atoms with van der Waals surface area (Å²) in [5.41, 5.74) is 5.20. The summed E-state index contributed by atoms with van der Waals surface area (Å²) in [6.45, 7) is 11.6. The molecule has 6 heterocycles. The summed E-state index contributed by atoms with van der Waals surface area (Å²) in [7, 11) is 0. The number of anilines is 2. The Hall–Kier alpha value is -5.98. The van der Waals surface area contributed by atoms with Crippen LogP contribution in [0.1, 0.15) is 20.8 Å². The van der Waals surface area contributed by atoms with Gasteiger partial charge < -0.3 is 48.2 Å². The fourth-order valence-corrected chi connectivity index (χ4v) is 7.83. The maximum atomic E-state index is 12.7. The lowest BCUT2D eigenvalue weighted by Gasteiger charge is -2.37.